The number of thiophene rings is 1. The van der Waals surface area contributed by atoms with E-state index in [0.717, 1.165) is 37.7 Å². The van der Waals surface area contributed by atoms with E-state index in [9.17, 15) is 0 Å². The minimum Gasteiger partial charge on any atom is -0.357 e. The van der Waals surface area contributed by atoms with Crippen molar-refractivity contribution in [2.24, 2.45) is 4.99 Å². The zero-order valence-electron chi connectivity index (χ0n) is 12.6. The zero-order chi connectivity index (χ0) is 14.9. The Labute approximate surface area is 130 Å². The van der Waals surface area contributed by atoms with E-state index >= 15 is 0 Å². The van der Waals surface area contributed by atoms with Gasteiger partial charge in [-0.1, -0.05) is 6.07 Å². The van der Waals surface area contributed by atoms with Crippen LogP contribution in [-0.4, -0.2) is 24.0 Å². The second-order valence-electron chi connectivity index (χ2n) is 4.72. The number of aryl methyl sites for hydroxylation is 1. The molecule has 0 saturated heterocycles. The lowest BCUT2D eigenvalue weighted by Gasteiger charge is -2.11. The lowest BCUT2D eigenvalue weighted by atomic mass is 10.3. The van der Waals surface area contributed by atoms with Crippen LogP contribution in [0.3, 0.4) is 0 Å². The van der Waals surface area contributed by atoms with E-state index in [2.05, 4.69) is 45.9 Å². The van der Waals surface area contributed by atoms with Gasteiger partial charge in [-0.2, -0.15) is 0 Å². The highest BCUT2D eigenvalue weighted by Gasteiger charge is 2.01. The fourth-order valence-corrected chi connectivity index (χ4v) is 2.74. The van der Waals surface area contributed by atoms with Crippen LogP contribution in [0, 0.1) is 6.92 Å². The molecule has 2 heterocycles. The lowest BCUT2D eigenvalue weighted by Crippen LogP contribution is -2.38. The summed E-state index contributed by atoms with van der Waals surface area (Å²) in [7, 11) is 0. The van der Waals surface area contributed by atoms with Gasteiger partial charge in [0.1, 0.15) is 0 Å². The van der Waals surface area contributed by atoms with Gasteiger partial charge in [0, 0.05) is 36.3 Å². The van der Waals surface area contributed by atoms with Crippen molar-refractivity contribution >= 4 is 17.3 Å². The van der Waals surface area contributed by atoms with Crippen LogP contribution in [0.2, 0.25) is 0 Å². The largest absolute Gasteiger partial charge is 0.357 e. The molecule has 2 rings (SSSR count). The van der Waals surface area contributed by atoms with Gasteiger partial charge in [0.15, 0.2) is 5.96 Å². The molecule has 0 aliphatic heterocycles. The summed E-state index contributed by atoms with van der Waals surface area (Å²) in [5.74, 6) is 0.862. The fraction of sp³-hybridized carbons (Fsp3) is 0.375. The molecule has 2 N–H and O–H groups in total. The van der Waals surface area contributed by atoms with Gasteiger partial charge in [0.2, 0.25) is 0 Å². The summed E-state index contributed by atoms with van der Waals surface area (Å²) in [6.07, 6.45) is 2.72. The van der Waals surface area contributed by atoms with Crippen LogP contribution >= 0.6 is 11.3 Å². The van der Waals surface area contributed by atoms with E-state index in [1.165, 1.54) is 10.4 Å². The molecule has 0 bridgehead atoms. The van der Waals surface area contributed by atoms with Crippen molar-refractivity contribution in [1.82, 2.24) is 15.6 Å². The molecule has 0 amide bonds. The van der Waals surface area contributed by atoms with Crippen molar-refractivity contribution in [3.8, 4) is 0 Å². The van der Waals surface area contributed by atoms with Crippen molar-refractivity contribution in [2.75, 3.05) is 13.1 Å². The molecule has 2 aromatic heterocycles. The van der Waals surface area contributed by atoms with Crippen LogP contribution < -0.4 is 10.6 Å². The first kappa shape index (κ1) is 15.5. The van der Waals surface area contributed by atoms with Gasteiger partial charge in [-0.25, -0.2) is 4.99 Å². The van der Waals surface area contributed by atoms with Crippen LogP contribution in [0.25, 0.3) is 0 Å². The first-order valence-corrected chi connectivity index (χ1v) is 8.12. The van der Waals surface area contributed by atoms with Crippen LogP contribution in [0.4, 0.5) is 0 Å². The number of rotatable bonds is 6. The van der Waals surface area contributed by atoms with Crippen molar-refractivity contribution in [2.45, 2.75) is 26.8 Å². The van der Waals surface area contributed by atoms with Crippen LogP contribution in [0.5, 0.6) is 0 Å². The van der Waals surface area contributed by atoms with E-state index < -0.39 is 0 Å². The van der Waals surface area contributed by atoms with E-state index in [0.29, 0.717) is 0 Å². The first-order valence-electron chi connectivity index (χ1n) is 7.24. The van der Waals surface area contributed by atoms with Gasteiger partial charge in [0.25, 0.3) is 0 Å². The predicted molar refractivity (Wildman–Crippen MR) is 89.8 cm³/mol. The van der Waals surface area contributed by atoms with E-state index in [1.54, 1.807) is 11.3 Å². The Morgan fingerprint density at radius 1 is 1.29 bits per heavy atom. The van der Waals surface area contributed by atoms with Gasteiger partial charge in [-0.3, -0.25) is 4.98 Å². The van der Waals surface area contributed by atoms with Crippen molar-refractivity contribution < 1.29 is 0 Å². The van der Waals surface area contributed by atoms with Gasteiger partial charge in [-0.05, 0) is 43.0 Å². The van der Waals surface area contributed by atoms with Crippen LogP contribution in [-0.2, 0) is 13.0 Å². The summed E-state index contributed by atoms with van der Waals surface area (Å²) in [5.41, 5.74) is 2.41. The second kappa shape index (κ2) is 8.42. The number of hydrogen-bond acceptors (Lipinski definition) is 3. The Hall–Kier alpha value is -1.88. The van der Waals surface area contributed by atoms with Gasteiger partial charge >= 0.3 is 0 Å². The average molecular weight is 302 g/mol. The molecule has 2 aromatic rings. The number of aromatic nitrogens is 1. The SMILES string of the molecule is CCNC(=NCc1sccc1C)NCCc1ccccn1. The molecule has 0 saturated carbocycles. The Balaban J connectivity index is 1.85. The maximum Gasteiger partial charge on any atom is 0.191 e. The first-order chi connectivity index (χ1) is 10.3. The van der Waals surface area contributed by atoms with Crippen LogP contribution in [0.15, 0.2) is 40.8 Å². The zero-order valence-corrected chi connectivity index (χ0v) is 13.4. The Morgan fingerprint density at radius 2 is 2.19 bits per heavy atom. The van der Waals surface area contributed by atoms with Gasteiger partial charge in [-0.15, -0.1) is 11.3 Å². The number of nitrogens with zero attached hydrogens (tertiary/aromatic N) is 2. The highest BCUT2D eigenvalue weighted by molar-refractivity contribution is 7.10. The summed E-state index contributed by atoms with van der Waals surface area (Å²) < 4.78 is 0. The van der Waals surface area contributed by atoms with E-state index in [-0.39, 0.29) is 0 Å². The minimum absolute atomic E-state index is 0.725. The maximum atomic E-state index is 4.63. The van der Waals surface area contributed by atoms with Gasteiger partial charge < -0.3 is 10.6 Å². The minimum atomic E-state index is 0.725. The van der Waals surface area contributed by atoms with Gasteiger partial charge in [0.05, 0.1) is 6.54 Å². The third kappa shape index (κ3) is 5.19. The molecule has 112 valence electrons. The number of guanidine groups is 1. The summed E-state index contributed by atoms with van der Waals surface area (Å²) in [5, 5.41) is 8.74. The Bertz CT molecular complexity index is 563. The maximum absolute atomic E-state index is 4.63. The van der Waals surface area contributed by atoms with Crippen molar-refractivity contribution in [3.05, 3.63) is 52.0 Å². The third-order valence-corrected chi connectivity index (χ3v) is 4.10. The highest BCUT2D eigenvalue weighted by atomic mass is 32.1. The normalized spacial score (nSPS) is 11.4. The molecular weight excluding hydrogens is 280 g/mol. The van der Waals surface area contributed by atoms with E-state index in [4.69, 9.17) is 0 Å². The second-order valence-corrected chi connectivity index (χ2v) is 5.72. The summed E-state index contributed by atoms with van der Waals surface area (Å²) in [6, 6.07) is 8.13. The number of nitrogens with one attached hydrogen (secondary N) is 2. The molecule has 0 radical (unpaired) electrons. The van der Waals surface area contributed by atoms with Crippen molar-refractivity contribution in [3.63, 3.8) is 0 Å². The fourth-order valence-electron chi connectivity index (χ4n) is 1.91. The summed E-state index contributed by atoms with van der Waals surface area (Å²) in [6.45, 7) is 6.61. The topological polar surface area (TPSA) is 49.3 Å². The molecule has 21 heavy (non-hydrogen) atoms. The highest BCUT2D eigenvalue weighted by Crippen LogP contribution is 2.16. The molecule has 5 heteroatoms. The molecule has 4 nitrogen and oxygen atoms in total. The monoisotopic (exact) mass is 302 g/mol. The molecule has 0 spiro atoms. The molecule has 0 fully saturated rings. The lowest BCUT2D eigenvalue weighted by molar-refractivity contribution is 0.789. The Kier molecular flexibility index (Phi) is 6.22. The standard InChI is InChI=1S/C16H22N4S/c1-3-17-16(20-12-15-13(2)8-11-21-15)19-10-7-14-6-4-5-9-18-14/h4-6,8-9,11H,3,7,10,12H2,1-2H3,(H2,17,19,20). The number of aliphatic imine (C=N–C) groups is 1. The molecule has 0 aromatic carbocycles. The van der Waals surface area contributed by atoms with Crippen LogP contribution in [0.1, 0.15) is 23.1 Å². The van der Waals surface area contributed by atoms with Crippen molar-refractivity contribution in [1.29, 1.82) is 0 Å². The quantitative estimate of drug-likeness (QED) is 0.637. The molecule has 0 unspecified atom stereocenters. The third-order valence-electron chi connectivity index (χ3n) is 3.09. The summed E-state index contributed by atoms with van der Waals surface area (Å²) in [4.78, 5) is 10.3. The Morgan fingerprint density at radius 3 is 2.86 bits per heavy atom. The number of pyridine rings is 1. The molecule has 0 atom stereocenters. The predicted octanol–water partition coefficient (Wildman–Crippen LogP) is 2.75. The average Bonchev–Trinajstić information content (AvgIpc) is 2.91. The number of hydrogen-bond donors (Lipinski definition) is 2. The van der Waals surface area contributed by atoms with E-state index in [1.807, 2.05) is 24.4 Å². The molecule has 0 aliphatic carbocycles. The molecule has 0 aliphatic rings. The summed E-state index contributed by atoms with van der Waals surface area (Å²) >= 11 is 1.76. The smallest absolute Gasteiger partial charge is 0.191 e. The molecular formula is C16H22N4S.